The predicted molar refractivity (Wildman–Crippen MR) is 81.8 cm³/mol. The van der Waals surface area contributed by atoms with Gasteiger partial charge in [-0.15, -0.1) is 0 Å². The fourth-order valence-electron chi connectivity index (χ4n) is 2.87. The zero-order valence-corrected chi connectivity index (χ0v) is 13.6. The van der Waals surface area contributed by atoms with E-state index in [-0.39, 0.29) is 23.9 Å². The molecule has 1 aliphatic heterocycles. The van der Waals surface area contributed by atoms with E-state index in [1.807, 2.05) is 25.1 Å². The van der Waals surface area contributed by atoms with Gasteiger partial charge in [0.15, 0.2) is 11.5 Å². The minimum Gasteiger partial charge on any atom is -0.490 e. The maximum atomic E-state index is 9.24. The van der Waals surface area contributed by atoms with E-state index >= 15 is 0 Å². The van der Waals surface area contributed by atoms with E-state index in [9.17, 15) is 5.11 Å². The molecule has 1 aromatic rings. The SMILES string of the molecule is CCOc1cc(CO)ccc1OC1CC(C)(C)OC1(C)C. The molecule has 0 aromatic heterocycles. The highest BCUT2D eigenvalue weighted by atomic mass is 16.6. The predicted octanol–water partition coefficient (Wildman–Crippen LogP) is 3.30. The number of aliphatic hydroxyl groups excluding tert-OH is 1. The van der Waals surface area contributed by atoms with Crippen LogP contribution in [0.1, 0.15) is 46.6 Å². The molecule has 0 spiro atoms. The lowest BCUT2D eigenvalue weighted by Gasteiger charge is -2.28. The average Bonchev–Trinajstić information content (AvgIpc) is 2.59. The van der Waals surface area contributed by atoms with Crippen molar-refractivity contribution in [1.82, 2.24) is 0 Å². The van der Waals surface area contributed by atoms with Crippen LogP contribution in [0.25, 0.3) is 0 Å². The van der Waals surface area contributed by atoms with Crippen LogP contribution in [0.4, 0.5) is 0 Å². The van der Waals surface area contributed by atoms with Crippen LogP contribution in [0.15, 0.2) is 18.2 Å². The maximum absolute atomic E-state index is 9.24. The Hall–Kier alpha value is -1.26. The van der Waals surface area contributed by atoms with Crippen LogP contribution in [-0.2, 0) is 11.3 Å². The van der Waals surface area contributed by atoms with E-state index in [2.05, 4.69) is 27.7 Å². The van der Waals surface area contributed by atoms with E-state index in [1.54, 1.807) is 0 Å². The molecule has 2 rings (SSSR count). The molecular formula is C17H26O4. The van der Waals surface area contributed by atoms with Gasteiger partial charge in [-0.3, -0.25) is 0 Å². The van der Waals surface area contributed by atoms with Crippen LogP contribution in [-0.4, -0.2) is 29.0 Å². The standard InChI is InChI=1S/C17H26O4/c1-6-19-14-9-12(11-18)7-8-13(14)20-15-10-16(2,3)21-17(15,4)5/h7-9,15,18H,6,10-11H2,1-5H3. The van der Waals surface area contributed by atoms with Crippen molar-refractivity contribution < 1.29 is 19.3 Å². The second kappa shape index (κ2) is 5.85. The van der Waals surface area contributed by atoms with Crippen molar-refractivity contribution in [3.63, 3.8) is 0 Å². The van der Waals surface area contributed by atoms with Gasteiger partial charge in [-0.2, -0.15) is 0 Å². The van der Waals surface area contributed by atoms with Crippen LogP contribution in [0.2, 0.25) is 0 Å². The Balaban J connectivity index is 2.23. The molecule has 4 heteroatoms. The van der Waals surface area contributed by atoms with Crippen LogP contribution in [0.3, 0.4) is 0 Å². The molecule has 0 bridgehead atoms. The molecule has 1 heterocycles. The molecule has 0 saturated carbocycles. The van der Waals surface area contributed by atoms with E-state index in [0.29, 0.717) is 18.1 Å². The van der Waals surface area contributed by atoms with Crippen LogP contribution < -0.4 is 9.47 Å². The second-order valence-corrected chi connectivity index (χ2v) is 6.65. The number of hydrogen-bond acceptors (Lipinski definition) is 4. The second-order valence-electron chi connectivity index (χ2n) is 6.65. The quantitative estimate of drug-likeness (QED) is 0.905. The highest BCUT2D eigenvalue weighted by molar-refractivity contribution is 5.43. The van der Waals surface area contributed by atoms with Crippen molar-refractivity contribution in [2.45, 2.75) is 65.0 Å². The fraction of sp³-hybridized carbons (Fsp3) is 0.647. The van der Waals surface area contributed by atoms with Gasteiger partial charge in [0.05, 0.1) is 18.8 Å². The Morgan fingerprint density at radius 1 is 1.24 bits per heavy atom. The number of aliphatic hydroxyl groups is 1. The van der Waals surface area contributed by atoms with Crippen molar-refractivity contribution in [1.29, 1.82) is 0 Å². The van der Waals surface area contributed by atoms with E-state index in [0.717, 1.165) is 12.0 Å². The molecule has 0 amide bonds. The van der Waals surface area contributed by atoms with Gasteiger partial charge >= 0.3 is 0 Å². The van der Waals surface area contributed by atoms with Crippen molar-refractivity contribution in [2.75, 3.05) is 6.61 Å². The fourth-order valence-corrected chi connectivity index (χ4v) is 2.87. The molecule has 1 aliphatic rings. The van der Waals surface area contributed by atoms with Crippen molar-refractivity contribution >= 4 is 0 Å². The molecule has 1 saturated heterocycles. The lowest BCUT2D eigenvalue weighted by molar-refractivity contribution is -0.0847. The highest BCUT2D eigenvalue weighted by Crippen LogP contribution is 2.41. The van der Waals surface area contributed by atoms with Gasteiger partial charge in [-0.25, -0.2) is 0 Å². The zero-order valence-electron chi connectivity index (χ0n) is 13.6. The topological polar surface area (TPSA) is 47.9 Å². The molecule has 1 N–H and O–H groups in total. The van der Waals surface area contributed by atoms with Gasteiger partial charge in [-0.05, 0) is 52.3 Å². The van der Waals surface area contributed by atoms with Gasteiger partial charge in [0.1, 0.15) is 11.7 Å². The summed E-state index contributed by atoms with van der Waals surface area (Å²) >= 11 is 0. The molecule has 1 aromatic carbocycles. The summed E-state index contributed by atoms with van der Waals surface area (Å²) in [5.74, 6) is 1.37. The summed E-state index contributed by atoms with van der Waals surface area (Å²) in [6, 6.07) is 5.54. The summed E-state index contributed by atoms with van der Waals surface area (Å²) in [4.78, 5) is 0. The van der Waals surface area contributed by atoms with E-state index in [1.165, 1.54) is 0 Å². The minimum absolute atomic E-state index is 0.00851. The molecule has 0 aliphatic carbocycles. The Morgan fingerprint density at radius 3 is 2.48 bits per heavy atom. The lowest BCUT2D eigenvalue weighted by atomic mass is 9.97. The van der Waals surface area contributed by atoms with E-state index < -0.39 is 0 Å². The Kier molecular flexibility index (Phi) is 4.49. The summed E-state index contributed by atoms with van der Waals surface area (Å²) in [6.07, 6.45) is 0.791. The molecule has 1 fully saturated rings. The summed E-state index contributed by atoms with van der Waals surface area (Å²) in [5, 5.41) is 9.24. The first-order valence-corrected chi connectivity index (χ1v) is 7.51. The third kappa shape index (κ3) is 3.69. The normalized spacial score (nSPS) is 23.0. The molecule has 0 radical (unpaired) electrons. The third-order valence-electron chi connectivity index (χ3n) is 3.75. The number of benzene rings is 1. The van der Waals surface area contributed by atoms with Crippen LogP contribution in [0.5, 0.6) is 11.5 Å². The highest BCUT2D eigenvalue weighted by Gasteiger charge is 2.47. The Labute approximate surface area is 127 Å². The third-order valence-corrected chi connectivity index (χ3v) is 3.75. The molecule has 4 nitrogen and oxygen atoms in total. The first-order valence-electron chi connectivity index (χ1n) is 7.51. The first-order chi connectivity index (χ1) is 9.77. The van der Waals surface area contributed by atoms with Gasteiger partial charge < -0.3 is 19.3 Å². The van der Waals surface area contributed by atoms with Crippen LogP contribution >= 0.6 is 0 Å². The zero-order chi connectivity index (χ0) is 15.7. The van der Waals surface area contributed by atoms with Crippen molar-refractivity contribution in [3.05, 3.63) is 23.8 Å². The lowest BCUT2D eigenvalue weighted by Crippen LogP contribution is -2.36. The van der Waals surface area contributed by atoms with Gasteiger partial charge in [-0.1, -0.05) is 6.07 Å². The molecule has 1 atom stereocenters. The number of rotatable bonds is 5. The summed E-state index contributed by atoms with van der Waals surface area (Å²) in [5.41, 5.74) is 0.279. The van der Waals surface area contributed by atoms with Crippen LogP contribution in [0, 0.1) is 0 Å². The van der Waals surface area contributed by atoms with Gasteiger partial charge in [0.2, 0.25) is 0 Å². The van der Waals surface area contributed by atoms with E-state index in [4.69, 9.17) is 14.2 Å². The average molecular weight is 294 g/mol. The molecular weight excluding hydrogens is 268 g/mol. The molecule has 21 heavy (non-hydrogen) atoms. The Morgan fingerprint density at radius 2 is 1.95 bits per heavy atom. The molecule has 118 valence electrons. The first kappa shape index (κ1) is 16.1. The summed E-state index contributed by atoms with van der Waals surface area (Å²) in [7, 11) is 0. The molecule has 1 unspecified atom stereocenters. The smallest absolute Gasteiger partial charge is 0.161 e. The Bertz CT molecular complexity index is 494. The van der Waals surface area contributed by atoms with Gasteiger partial charge in [0.25, 0.3) is 0 Å². The number of ether oxygens (including phenoxy) is 3. The van der Waals surface area contributed by atoms with Gasteiger partial charge in [0, 0.05) is 6.42 Å². The minimum atomic E-state index is -0.345. The number of hydrogen-bond donors (Lipinski definition) is 1. The largest absolute Gasteiger partial charge is 0.490 e. The summed E-state index contributed by atoms with van der Waals surface area (Å²) in [6.45, 7) is 10.7. The summed E-state index contributed by atoms with van der Waals surface area (Å²) < 4.78 is 17.9. The maximum Gasteiger partial charge on any atom is 0.161 e. The monoisotopic (exact) mass is 294 g/mol. The van der Waals surface area contributed by atoms with Crippen molar-refractivity contribution in [3.8, 4) is 11.5 Å². The van der Waals surface area contributed by atoms with Crippen molar-refractivity contribution in [2.24, 2.45) is 0 Å².